The average molecular weight is 262 g/mol. The maximum atomic E-state index is 11.5. The van der Waals surface area contributed by atoms with Crippen LogP contribution < -0.4 is 0 Å². The van der Waals surface area contributed by atoms with E-state index in [4.69, 9.17) is 9.68 Å². The summed E-state index contributed by atoms with van der Waals surface area (Å²) in [5, 5.41) is 5.33. The largest absolute Gasteiger partial charge is 0.463 e. The fraction of sp³-hybridized carbons (Fsp3) is 0.231. The van der Waals surface area contributed by atoms with Crippen LogP contribution in [0.15, 0.2) is 46.9 Å². The molecule has 1 aromatic carbocycles. The van der Waals surface area contributed by atoms with Gasteiger partial charge in [-0.3, -0.25) is 4.84 Å². The number of methoxy groups -OCH3 is 1. The maximum Gasteiger partial charge on any atom is 0.378 e. The van der Waals surface area contributed by atoms with Crippen molar-refractivity contribution in [2.24, 2.45) is 5.16 Å². The Kier molecular flexibility index (Phi) is 3.82. The molecule has 0 aromatic heterocycles. The van der Waals surface area contributed by atoms with Gasteiger partial charge in [0.05, 0.1) is 19.9 Å². The zero-order chi connectivity index (χ0) is 13.8. The van der Waals surface area contributed by atoms with Crippen molar-refractivity contribution in [1.82, 2.24) is 5.06 Å². The van der Waals surface area contributed by atoms with E-state index in [0.29, 0.717) is 11.5 Å². The Morgan fingerprint density at radius 2 is 1.95 bits per heavy atom. The van der Waals surface area contributed by atoms with Crippen LogP contribution in [0.5, 0.6) is 0 Å². The van der Waals surface area contributed by atoms with Crippen LogP contribution >= 0.6 is 0 Å². The molecule has 0 atom stereocenters. The molecule has 0 saturated carbocycles. The SMILES string of the molecule is COC(=O)C1=C(C)N(OC)C(c2ccccc2)=NO1. The van der Waals surface area contributed by atoms with Gasteiger partial charge in [0.15, 0.2) is 0 Å². The van der Waals surface area contributed by atoms with Crippen LogP contribution in [-0.2, 0) is 19.2 Å². The summed E-state index contributed by atoms with van der Waals surface area (Å²) in [4.78, 5) is 21.9. The van der Waals surface area contributed by atoms with E-state index in [1.165, 1.54) is 19.3 Å². The van der Waals surface area contributed by atoms with E-state index < -0.39 is 5.97 Å². The Hall–Kier alpha value is -2.34. The predicted molar refractivity (Wildman–Crippen MR) is 67.6 cm³/mol. The first kappa shape index (κ1) is 13.1. The summed E-state index contributed by atoms with van der Waals surface area (Å²) >= 11 is 0. The minimum Gasteiger partial charge on any atom is -0.463 e. The summed E-state index contributed by atoms with van der Waals surface area (Å²) in [7, 11) is 2.77. The van der Waals surface area contributed by atoms with Crippen LogP contribution in [0.4, 0.5) is 0 Å². The summed E-state index contributed by atoms with van der Waals surface area (Å²) < 4.78 is 4.62. The Bertz CT molecular complexity index is 537. The second-order valence-corrected chi connectivity index (χ2v) is 3.76. The molecule has 0 N–H and O–H groups in total. The number of amidine groups is 1. The van der Waals surface area contributed by atoms with Crippen molar-refractivity contribution in [2.45, 2.75) is 6.92 Å². The van der Waals surface area contributed by atoms with Crippen LogP contribution in [0.25, 0.3) is 0 Å². The van der Waals surface area contributed by atoms with Gasteiger partial charge in [-0.1, -0.05) is 35.5 Å². The summed E-state index contributed by atoms with van der Waals surface area (Å²) in [5.74, 6) is -0.132. The van der Waals surface area contributed by atoms with Gasteiger partial charge < -0.3 is 9.57 Å². The third-order valence-corrected chi connectivity index (χ3v) is 2.63. The monoisotopic (exact) mass is 262 g/mol. The molecule has 19 heavy (non-hydrogen) atoms. The van der Waals surface area contributed by atoms with Gasteiger partial charge in [0.25, 0.3) is 5.76 Å². The lowest BCUT2D eigenvalue weighted by Crippen LogP contribution is -2.34. The van der Waals surface area contributed by atoms with Crippen LogP contribution in [0.3, 0.4) is 0 Å². The van der Waals surface area contributed by atoms with Gasteiger partial charge >= 0.3 is 5.97 Å². The molecule has 1 heterocycles. The molecule has 0 amide bonds. The van der Waals surface area contributed by atoms with Crippen molar-refractivity contribution in [3.05, 3.63) is 47.4 Å². The summed E-state index contributed by atoms with van der Waals surface area (Å²) in [6, 6.07) is 9.38. The van der Waals surface area contributed by atoms with Crippen molar-refractivity contribution in [2.75, 3.05) is 14.2 Å². The minimum absolute atomic E-state index is 0.00373. The zero-order valence-corrected chi connectivity index (χ0v) is 10.9. The highest BCUT2D eigenvalue weighted by Gasteiger charge is 2.29. The summed E-state index contributed by atoms with van der Waals surface area (Å²) in [6.07, 6.45) is 0. The van der Waals surface area contributed by atoms with E-state index in [1.807, 2.05) is 30.3 Å². The fourth-order valence-electron chi connectivity index (χ4n) is 1.70. The molecule has 0 fully saturated rings. The Balaban J connectivity index is 2.37. The molecule has 0 unspecified atom stereocenters. The fourth-order valence-corrected chi connectivity index (χ4v) is 1.70. The Labute approximate surface area is 110 Å². The quantitative estimate of drug-likeness (QED) is 0.775. The van der Waals surface area contributed by atoms with Crippen molar-refractivity contribution in [1.29, 1.82) is 0 Å². The van der Waals surface area contributed by atoms with Crippen molar-refractivity contribution in [3.8, 4) is 0 Å². The van der Waals surface area contributed by atoms with Gasteiger partial charge in [0, 0.05) is 5.56 Å². The summed E-state index contributed by atoms with van der Waals surface area (Å²) in [6.45, 7) is 1.69. The first-order valence-corrected chi connectivity index (χ1v) is 5.63. The van der Waals surface area contributed by atoms with Gasteiger partial charge in [-0.2, -0.15) is 0 Å². The van der Waals surface area contributed by atoms with Crippen molar-refractivity contribution >= 4 is 11.8 Å². The second kappa shape index (κ2) is 5.53. The molecular formula is C13H14N2O4. The van der Waals surface area contributed by atoms with Gasteiger partial charge in [0.1, 0.15) is 0 Å². The number of carbonyl (C=O) groups excluding carboxylic acids is 1. The normalized spacial score (nSPS) is 14.9. The number of ether oxygens (including phenoxy) is 1. The number of nitrogens with zero attached hydrogens (tertiary/aromatic N) is 2. The number of benzene rings is 1. The van der Waals surface area contributed by atoms with E-state index in [0.717, 1.165) is 5.56 Å². The van der Waals surface area contributed by atoms with Crippen LogP contribution in [-0.4, -0.2) is 31.1 Å². The molecule has 6 nitrogen and oxygen atoms in total. The number of allylic oxidation sites excluding steroid dienone is 1. The molecule has 0 radical (unpaired) electrons. The third-order valence-electron chi connectivity index (χ3n) is 2.63. The molecule has 1 aliphatic rings. The van der Waals surface area contributed by atoms with Crippen LogP contribution in [0.2, 0.25) is 0 Å². The molecule has 0 aliphatic carbocycles. The van der Waals surface area contributed by atoms with E-state index in [-0.39, 0.29) is 5.76 Å². The highest BCUT2D eigenvalue weighted by atomic mass is 16.7. The van der Waals surface area contributed by atoms with Crippen molar-refractivity contribution in [3.63, 3.8) is 0 Å². The summed E-state index contributed by atoms with van der Waals surface area (Å²) in [5.41, 5.74) is 1.29. The van der Waals surface area contributed by atoms with Crippen molar-refractivity contribution < 1.29 is 19.2 Å². The van der Waals surface area contributed by atoms with Crippen LogP contribution in [0.1, 0.15) is 12.5 Å². The van der Waals surface area contributed by atoms with Gasteiger partial charge in [0.2, 0.25) is 5.84 Å². The lowest BCUT2D eigenvalue weighted by Gasteiger charge is -2.27. The van der Waals surface area contributed by atoms with E-state index >= 15 is 0 Å². The lowest BCUT2D eigenvalue weighted by molar-refractivity contribution is -0.142. The van der Waals surface area contributed by atoms with Gasteiger partial charge in [-0.25, -0.2) is 9.86 Å². The molecule has 2 rings (SSSR count). The van der Waals surface area contributed by atoms with Gasteiger partial charge in [-0.15, -0.1) is 0 Å². The number of oxime groups is 1. The second-order valence-electron chi connectivity index (χ2n) is 3.76. The number of carbonyl (C=O) groups is 1. The minimum atomic E-state index is -0.601. The molecule has 6 heteroatoms. The Morgan fingerprint density at radius 3 is 2.53 bits per heavy atom. The standard InChI is InChI=1S/C13H14N2O4/c1-9-11(13(16)17-2)19-14-12(15(9)18-3)10-7-5-4-6-8-10/h4-8H,1-3H3. The Morgan fingerprint density at radius 1 is 1.26 bits per heavy atom. The molecular weight excluding hydrogens is 248 g/mol. The molecule has 100 valence electrons. The maximum absolute atomic E-state index is 11.5. The number of hydrogen-bond donors (Lipinski definition) is 0. The topological polar surface area (TPSA) is 60.4 Å². The smallest absolute Gasteiger partial charge is 0.378 e. The van der Waals surface area contributed by atoms with Crippen LogP contribution in [0, 0.1) is 0 Å². The molecule has 0 bridgehead atoms. The number of hydrogen-bond acceptors (Lipinski definition) is 6. The molecule has 1 aliphatic heterocycles. The first-order chi connectivity index (χ1) is 9.19. The van der Waals surface area contributed by atoms with E-state index in [9.17, 15) is 4.79 Å². The molecule has 0 spiro atoms. The van der Waals surface area contributed by atoms with E-state index in [2.05, 4.69) is 9.89 Å². The number of esters is 1. The first-order valence-electron chi connectivity index (χ1n) is 5.63. The zero-order valence-electron chi connectivity index (χ0n) is 10.9. The number of rotatable bonds is 3. The number of hydroxylamine groups is 2. The van der Waals surface area contributed by atoms with E-state index in [1.54, 1.807) is 6.92 Å². The third kappa shape index (κ3) is 2.43. The molecule has 0 saturated heterocycles. The predicted octanol–water partition coefficient (Wildman–Crippen LogP) is 1.65. The molecule has 1 aromatic rings. The lowest BCUT2D eigenvalue weighted by atomic mass is 10.2. The highest BCUT2D eigenvalue weighted by Crippen LogP contribution is 2.22. The highest BCUT2D eigenvalue weighted by molar-refractivity contribution is 6.00. The average Bonchev–Trinajstić information content (AvgIpc) is 2.47. The van der Waals surface area contributed by atoms with Gasteiger partial charge in [-0.05, 0) is 6.92 Å².